The van der Waals surface area contributed by atoms with Crippen LogP contribution >= 0.6 is 0 Å². The van der Waals surface area contributed by atoms with E-state index in [1.807, 2.05) is 0 Å². The van der Waals surface area contributed by atoms with Gasteiger partial charge < -0.3 is 14.2 Å². The summed E-state index contributed by atoms with van der Waals surface area (Å²) < 4.78 is 117. The van der Waals surface area contributed by atoms with Gasteiger partial charge in [0.2, 0.25) is 0 Å². The van der Waals surface area contributed by atoms with E-state index >= 15 is 0 Å². The van der Waals surface area contributed by atoms with Crippen molar-refractivity contribution in [3.05, 3.63) is 18.2 Å². The van der Waals surface area contributed by atoms with Crippen LogP contribution in [0.3, 0.4) is 0 Å². The molecule has 1 aromatic rings. The summed E-state index contributed by atoms with van der Waals surface area (Å²) in [5, 5.41) is 0. The molecule has 12 heteroatoms. The summed E-state index contributed by atoms with van der Waals surface area (Å²) in [6, 6.07) is 1.44. The first kappa shape index (κ1) is 17.0. The van der Waals surface area contributed by atoms with E-state index in [1.165, 1.54) is 6.07 Å². The summed E-state index contributed by atoms with van der Waals surface area (Å²) in [6.45, 7) is 0. The molecule has 0 atom stereocenters. The molecule has 21 heavy (non-hydrogen) atoms. The Labute approximate surface area is 109 Å². The lowest BCUT2D eigenvalue weighted by molar-refractivity contribution is -0.278. The van der Waals surface area contributed by atoms with Gasteiger partial charge >= 0.3 is 19.1 Å². The van der Waals surface area contributed by atoms with Gasteiger partial charge in [-0.15, -0.1) is 39.5 Å². The summed E-state index contributed by atoms with van der Waals surface area (Å²) in [6.07, 6.45) is -16.1. The molecule has 0 N–H and O–H groups in total. The minimum absolute atomic E-state index is 0.0458. The lowest BCUT2D eigenvalue weighted by atomic mass is 10.3. The third-order valence-electron chi connectivity index (χ3n) is 1.48. The first-order valence-corrected chi connectivity index (χ1v) is 4.58. The van der Waals surface area contributed by atoms with Crippen LogP contribution in [0, 0.1) is 6.07 Å². The van der Waals surface area contributed by atoms with Crippen LogP contribution in [-0.4, -0.2) is 19.1 Å². The highest BCUT2D eigenvalue weighted by molar-refractivity contribution is 5.41. The van der Waals surface area contributed by atoms with E-state index in [4.69, 9.17) is 0 Å². The lowest BCUT2D eigenvalue weighted by Crippen LogP contribution is -2.20. The highest BCUT2D eigenvalue weighted by atomic mass is 19.4. The maximum atomic E-state index is 11.9. The first-order chi connectivity index (χ1) is 9.23. The molecule has 1 radical (unpaired) electrons. The van der Waals surface area contributed by atoms with Crippen molar-refractivity contribution in [3.8, 4) is 17.2 Å². The van der Waals surface area contributed by atoms with Crippen molar-refractivity contribution in [2.75, 3.05) is 0 Å². The highest BCUT2D eigenvalue weighted by Gasteiger charge is 2.36. The Hall–Kier alpha value is -2.01. The second-order valence-electron chi connectivity index (χ2n) is 3.19. The zero-order valence-corrected chi connectivity index (χ0v) is 9.28. The van der Waals surface area contributed by atoms with Crippen LogP contribution in [0.1, 0.15) is 0 Å². The number of halogens is 9. The van der Waals surface area contributed by atoms with E-state index in [1.54, 1.807) is 0 Å². The van der Waals surface area contributed by atoms with Crippen molar-refractivity contribution >= 4 is 0 Å². The molecule has 0 bridgehead atoms. The van der Waals surface area contributed by atoms with Gasteiger partial charge in [-0.05, 0) is 0 Å². The van der Waals surface area contributed by atoms with Crippen molar-refractivity contribution in [3.63, 3.8) is 0 Å². The molecule has 0 aliphatic heterocycles. The van der Waals surface area contributed by atoms with E-state index in [0.717, 1.165) is 0 Å². The maximum absolute atomic E-state index is 11.9. The molecule has 0 aliphatic carbocycles. The van der Waals surface area contributed by atoms with Gasteiger partial charge in [-0.3, -0.25) is 0 Å². The third-order valence-corrected chi connectivity index (χ3v) is 1.48. The average Bonchev–Trinajstić information content (AvgIpc) is 2.06. The number of hydrogen-bond acceptors (Lipinski definition) is 3. The van der Waals surface area contributed by atoms with E-state index in [2.05, 4.69) is 14.2 Å². The van der Waals surface area contributed by atoms with Gasteiger partial charge in [0.1, 0.15) is 17.2 Å². The summed E-state index contributed by atoms with van der Waals surface area (Å²) >= 11 is 0. The largest absolute Gasteiger partial charge is 0.573 e. The molecule has 3 nitrogen and oxygen atoms in total. The fourth-order valence-electron chi connectivity index (χ4n) is 1.05. The van der Waals surface area contributed by atoms with Crippen molar-refractivity contribution in [1.29, 1.82) is 0 Å². The van der Waals surface area contributed by atoms with Crippen molar-refractivity contribution in [1.82, 2.24) is 0 Å². The number of alkyl halides is 9. The quantitative estimate of drug-likeness (QED) is 0.779. The zero-order valence-electron chi connectivity index (χ0n) is 9.28. The van der Waals surface area contributed by atoms with Crippen LogP contribution in [0.15, 0.2) is 12.1 Å². The molecular weight excluding hydrogens is 327 g/mol. The molecule has 0 fully saturated rings. The first-order valence-electron chi connectivity index (χ1n) is 4.58. The molecule has 0 unspecified atom stereocenters. The zero-order chi connectivity index (χ0) is 16.5. The Morgan fingerprint density at radius 2 is 0.952 bits per heavy atom. The van der Waals surface area contributed by atoms with Gasteiger partial charge in [0.25, 0.3) is 0 Å². The fourth-order valence-corrected chi connectivity index (χ4v) is 1.05. The minimum Gasteiger partial charge on any atom is -0.406 e. The van der Waals surface area contributed by atoms with Gasteiger partial charge in [0, 0.05) is 12.1 Å². The molecule has 0 saturated carbocycles. The number of rotatable bonds is 3. The van der Waals surface area contributed by atoms with E-state index in [-0.39, 0.29) is 12.1 Å². The van der Waals surface area contributed by atoms with E-state index < -0.39 is 36.3 Å². The fraction of sp³-hybridized carbons (Fsp3) is 0.333. The van der Waals surface area contributed by atoms with Gasteiger partial charge in [-0.25, -0.2) is 0 Å². The van der Waals surface area contributed by atoms with Gasteiger partial charge in [-0.1, -0.05) is 0 Å². The number of ether oxygens (including phenoxy) is 3. The minimum atomic E-state index is -5.36. The molecule has 0 spiro atoms. The molecule has 1 aromatic carbocycles. The number of hydrogen-bond donors (Lipinski definition) is 0. The van der Waals surface area contributed by atoms with Crippen molar-refractivity contribution < 1.29 is 53.7 Å². The Morgan fingerprint density at radius 3 is 1.24 bits per heavy atom. The van der Waals surface area contributed by atoms with E-state index in [9.17, 15) is 39.5 Å². The van der Waals surface area contributed by atoms with Gasteiger partial charge in [0.05, 0.1) is 6.07 Å². The number of benzene rings is 1. The molecule has 1 rings (SSSR count). The van der Waals surface area contributed by atoms with Crippen LogP contribution in [0.4, 0.5) is 39.5 Å². The smallest absolute Gasteiger partial charge is 0.406 e. The van der Waals surface area contributed by atoms with Crippen LogP contribution in [0.25, 0.3) is 0 Å². The Bertz CT molecular complexity index is 405. The Balaban J connectivity index is 3.13. The average molecular weight is 329 g/mol. The normalized spacial score (nSPS) is 13.0. The Kier molecular flexibility index (Phi) is 4.39. The molecule has 0 amide bonds. The van der Waals surface area contributed by atoms with Crippen molar-refractivity contribution in [2.45, 2.75) is 19.1 Å². The highest BCUT2D eigenvalue weighted by Crippen LogP contribution is 2.35. The molecule has 0 heterocycles. The monoisotopic (exact) mass is 329 g/mol. The lowest BCUT2D eigenvalue weighted by Gasteiger charge is -2.15. The molecule has 0 aliphatic rings. The Morgan fingerprint density at radius 1 is 0.619 bits per heavy atom. The topological polar surface area (TPSA) is 27.7 Å². The van der Waals surface area contributed by atoms with Crippen LogP contribution in [0.2, 0.25) is 0 Å². The van der Waals surface area contributed by atoms with Crippen LogP contribution in [-0.2, 0) is 0 Å². The predicted molar refractivity (Wildman–Crippen MR) is 45.3 cm³/mol. The summed E-state index contributed by atoms with van der Waals surface area (Å²) in [7, 11) is 0. The molecule has 119 valence electrons. The van der Waals surface area contributed by atoms with Crippen LogP contribution < -0.4 is 14.2 Å². The second-order valence-corrected chi connectivity index (χ2v) is 3.19. The molecular formula is C9H2F9O3. The van der Waals surface area contributed by atoms with Gasteiger partial charge in [0.15, 0.2) is 0 Å². The SMILES string of the molecule is FC(F)(F)Oc1[c]c(OC(F)(F)F)cc(OC(F)(F)F)c1. The molecule has 0 aromatic heterocycles. The summed E-state index contributed by atoms with van der Waals surface area (Å²) in [5.41, 5.74) is 0. The third kappa shape index (κ3) is 7.37. The molecule has 0 saturated heterocycles. The maximum Gasteiger partial charge on any atom is 0.573 e. The van der Waals surface area contributed by atoms with Crippen LogP contribution in [0.5, 0.6) is 17.2 Å². The summed E-state index contributed by atoms with van der Waals surface area (Å²) in [5.74, 6) is -4.40. The predicted octanol–water partition coefficient (Wildman–Crippen LogP) is 4.18. The standard InChI is InChI=1S/C9H2F9O3/c10-7(11,12)19-4-1-5(20-8(13,14)15)3-6(2-4)21-9(16,17)18/h1-2H. The van der Waals surface area contributed by atoms with E-state index in [0.29, 0.717) is 0 Å². The second kappa shape index (κ2) is 5.41. The summed E-state index contributed by atoms with van der Waals surface area (Å²) in [4.78, 5) is 0. The van der Waals surface area contributed by atoms with Gasteiger partial charge in [-0.2, -0.15) is 0 Å². The van der Waals surface area contributed by atoms with Crippen molar-refractivity contribution in [2.24, 2.45) is 0 Å².